The van der Waals surface area contributed by atoms with E-state index in [2.05, 4.69) is 36.8 Å². The van der Waals surface area contributed by atoms with E-state index in [0.29, 0.717) is 16.0 Å². The predicted octanol–water partition coefficient (Wildman–Crippen LogP) is 2.67. The molecule has 0 saturated carbocycles. The fourth-order valence-corrected chi connectivity index (χ4v) is 1.71. The van der Waals surface area contributed by atoms with Gasteiger partial charge in [0.1, 0.15) is 11.6 Å². The Bertz CT molecular complexity index is 603. The van der Waals surface area contributed by atoms with Crippen LogP contribution in [0.2, 0.25) is 0 Å². The lowest BCUT2D eigenvalue weighted by Gasteiger charge is -2.07. The van der Waals surface area contributed by atoms with Gasteiger partial charge < -0.3 is 10.6 Å². The quantitative estimate of drug-likeness (QED) is 0.910. The molecule has 0 saturated heterocycles. The predicted molar refractivity (Wildman–Crippen MR) is 73.6 cm³/mol. The third kappa shape index (κ3) is 3.25. The smallest absolute Gasteiger partial charge is 0.276 e. The minimum Gasteiger partial charge on any atom is -0.372 e. The third-order valence-electron chi connectivity index (χ3n) is 2.33. The molecule has 98 valence electrons. The molecule has 0 spiro atoms. The second-order valence-corrected chi connectivity index (χ2v) is 4.49. The third-order valence-corrected chi connectivity index (χ3v) is 3.02. The lowest BCUT2D eigenvalue weighted by atomic mass is 10.3. The van der Waals surface area contributed by atoms with Gasteiger partial charge in [-0.2, -0.15) is 0 Å². The number of benzene rings is 1. The van der Waals surface area contributed by atoms with E-state index < -0.39 is 11.7 Å². The first-order chi connectivity index (χ1) is 9.10. The van der Waals surface area contributed by atoms with Crippen molar-refractivity contribution < 1.29 is 9.18 Å². The highest BCUT2D eigenvalue weighted by molar-refractivity contribution is 9.10. The van der Waals surface area contributed by atoms with Gasteiger partial charge in [0, 0.05) is 11.5 Å². The number of carbonyl (C=O) groups is 1. The molecule has 1 amide bonds. The standard InChI is InChI=1S/C12H10BrFN4O/c1-15-11-5-4-9(17-18-11)12(19)16-10-6-7(14)2-3-8(10)13/h2-6H,1H3,(H,15,18)(H,16,19). The van der Waals surface area contributed by atoms with Crippen LogP contribution in [0.3, 0.4) is 0 Å². The number of halogens is 2. The monoisotopic (exact) mass is 324 g/mol. The van der Waals surface area contributed by atoms with Crippen molar-refractivity contribution in [3.8, 4) is 0 Å². The highest BCUT2D eigenvalue weighted by atomic mass is 79.9. The number of nitrogens with zero attached hydrogens (tertiary/aromatic N) is 2. The summed E-state index contributed by atoms with van der Waals surface area (Å²) < 4.78 is 13.7. The fraction of sp³-hybridized carbons (Fsp3) is 0.0833. The van der Waals surface area contributed by atoms with Crippen molar-refractivity contribution >= 4 is 33.3 Å². The molecule has 0 fully saturated rings. The average molecular weight is 325 g/mol. The number of aromatic nitrogens is 2. The fourth-order valence-electron chi connectivity index (χ4n) is 1.37. The summed E-state index contributed by atoms with van der Waals surface area (Å²) in [6.07, 6.45) is 0. The maximum atomic E-state index is 13.1. The first-order valence-corrected chi connectivity index (χ1v) is 6.17. The van der Waals surface area contributed by atoms with Gasteiger partial charge in [0.15, 0.2) is 5.69 Å². The van der Waals surface area contributed by atoms with E-state index in [9.17, 15) is 9.18 Å². The normalized spacial score (nSPS) is 10.1. The maximum Gasteiger partial charge on any atom is 0.276 e. The van der Waals surface area contributed by atoms with Crippen molar-refractivity contribution in [3.63, 3.8) is 0 Å². The van der Waals surface area contributed by atoms with Crippen LogP contribution in [0.1, 0.15) is 10.5 Å². The number of nitrogens with one attached hydrogen (secondary N) is 2. The zero-order valence-corrected chi connectivity index (χ0v) is 11.5. The number of amides is 1. The molecule has 0 unspecified atom stereocenters. The van der Waals surface area contributed by atoms with Crippen LogP contribution >= 0.6 is 15.9 Å². The Morgan fingerprint density at radius 2 is 2.05 bits per heavy atom. The van der Waals surface area contributed by atoms with Gasteiger partial charge in [-0.25, -0.2) is 4.39 Å². The molecule has 0 atom stereocenters. The van der Waals surface area contributed by atoms with Crippen LogP contribution in [0.15, 0.2) is 34.8 Å². The van der Waals surface area contributed by atoms with Crippen molar-refractivity contribution in [1.82, 2.24) is 10.2 Å². The lowest BCUT2D eigenvalue weighted by Crippen LogP contribution is -2.15. The molecule has 2 N–H and O–H groups in total. The van der Waals surface area contributed by atoms with Crippen molar-refractivity contribution in [1.29, 1.82) is 0 Å². The maximum absolute atomic E-state index is 13.1. The van der Waals surface area contributed by atoms with Crippen LogP contribution in [-0.2, 0) is 0 Å². The molecule has 19 heavy (non-hydrogen) atoms. The number of rotatable bonds is 3. The molecule has 5 nitrogen and oxygen atoms in total. The van der Waals surface area contributed by atoms with Crippen LogP contribution in [0.5, 0.6) is 0 Å². The molecule has 2 rings (SSSR count). The molecule has 0 radical (unpaired) electrons. The molecule has 0 aliphatic heterocycles. The van der Waals surface area contributed by atoms with Gasteiger partial charge in [-0.1, -0.05) is 0 Å². The summed E-state index contributed by atoms with van der Waals surface area (Å²) in [6, 6.07) is 7.18. The molecule has 2 aromatic rings. The average Bonchev–Trinajstić information content (AvgIpc) is 2.43. The first kappa shape index (κ1) is 13.4. The van der Waals surface area contributed by atoms with E-state index in [-0.39, 0.29) is 5.69 Å². The Kier molecular flexibility index (Phi) is 4.06. The zero-order valence-electron chi connectivity index (χ0n) is 9.95. The summed E-state index contributed by atoms with van der Waals surface area (Å²) in [5, 5.41) is 12.9. The lowest BCUT2D eigenvalue weighted by molar-refractivity contribution is 0.102. The Labute approximate surface area is 117 Å². The summed E-state index contributed by atoms with van der Waals surface area (Å²) in [5.74, 6) is -0.333. The van der Waals surface area contributed by atoms with Crippen molar-refractivity contribution in [2.45, 2.75) is 0 Å². The Balaban J connectivity index is 2.18. The Hall–Kier alpha value is -2.02. The van der Waals surface area contributed by atoms with Crippen LogP contribution in [0.4, 0.5) is 15.9 Å². The van der Waals surface area contributed by atoms with Crippen molar-refractivity contribution in [2.24, 2.45) is 0 Å². The molecule has 0 aliphatic rings. The highest BCUT2D eigenvalue weighted by Crippen LogP contribution is 2.23. The van der Waals surface area contributed by atoms with Gasteiger partial charge in [-0.3, -0.25) is 4.79 Å². The van der Waals surface area contributed by atoms with Gasteiger partial charge >= 0.3 is 0 Å². The zero-order chi connectivity index (χ0) is 13.8. The number of anilines is 2. The van der Waals surface area contributed by atoms with Gasteiger partial charge in [0.25, 0.3) is 5.91 Å². The number of hydrogen-bond acceptors (Lipinski definition) is 4. The summed E-state index contributed by atoms with van der Waals surface area (Å²) in [6.45, 7) is 0. The van der Waals surface area contributed by atoms with Crippen LogP contribution in [0, 0.1) is 5.82 Å². The molecule has 7 heteroatoms. The van der Waals surface area contributed by atoms with E-state index in [0.717, 1.165) is 0 Å². The Morgan fingerprint density at radius 1 is 1.26 bits per heavy atom. The van der Waals surface area contributed by atoms with E-state index >= 15 is 0 Å². The van der Waals surface area contributed by atoms with E-state index in [1.807, 2.05) is 0 Å². The molecule has 1 heterocycles. The second-order valence-electron chi connectivity index (χ2n) is 3.63. The molecular formula is C12H10BrFN4O. The second kappa shape index (κ2) is 5.75. The summed E-state index contributed by atoms with van der Waals surface area (Å²) >= 11 is 3.23. The number of carbonyl (C=O) groups excluding carboxylic acids is 1. The van der Waals surface area contributed by atoms with Crippen molar-refractivity contribution in [2.75, 3.05) is 17.7 Å². The van der Waals surface area contributed by atoms with Crippen LogP contribution in [0.25, 0.3) is 0 Å². The minimum absolute atomic E-state index is 0.148. The summed E-state index contributed by atoms with van der Waals surface area (Å²) in [7, 11) is 1.70. The van der Waals surface area contributed by atoms with Crippen LogP contribution < -0.4 is 10.6 Å². The van der Waals surface area contributed by atoms with Gasteiger partial charge in [0.05, 0.1) is 5.69 Å². The molecule has 0 bridgehead atoms. The molecule has 1 aromatic carbocycles. The largest absolute Gasteiger partial charge is 0.372 e. The van der Waals surface area contributed by atoms with E-state index in [4.69, 9.17) is 0 Å². The Morgan fingerprint density at radius 3 is 2.68 bits per heavy atom. The van der Waals surface area contributed by atoms with Crippen LogP contribution in [-0.4, -0.2) is 23.2 Å². The molecular weight excluding hydrogens is 315 g/mol. The topological polar surface area (TPSA) is 66.9 Å². The SMILES string of the molecule is CNc1ccc(C(=O)Nc2cc(F)ccc2Br)nn1. The molecule has 1 aromatic heterocycles. The minimum atomic E-state index is -0.457. The summed E-state index contributed by atoms with van der Waals surface area (Å²) in [5.41, 5.74) is 0.486. The number of hydrogen-bond donors (Lipinski definition) is 2. The summed E-state index contributed by atoms with van der Waals surface area (Å²) in [4.78, 5) is 11.9. The van der Waals surface area contributed by atoms with Gasteiger partial charge in [-0.15, -0.1) is 10.2 Å². The van der Waals surface area contributed by atoms with E-state index in [1.165, 1.54) is 24.3 Å². The van der Waals surface area contributed by atoms with Crippen molar-refractivity contribution in [3.05, 3.63) is 46.3 Å². The van der Waals surface area contributed by atoms with Gasteiger partial charge in [0.2, 0.25) is 0 Å². The first-order valence-electron chi connectivity index (χ1n) is 5.38. The molecule has 0 aliphatic carbocycles. The van der Waals surface area contributed by atoms with Gasteiger partial charge in [-0.05, 0) is 46.3 Å². The highest BCUT2D eigenvalue weighted by Gasteiger charge is 2.11. The van der Waals surface area contributed by atoms with E-state index in [1.54, 1.807) is 13.1 Å².